The molecular weight excluding hydrogens is 344 g/mol. The van der Waals surface area contributed by atoms with Crippen molar-refractivity contribution in [2.24, 2.45) is 0 Å². The molecule has 3 rings (SSSR count). The highest BCUT2D eigenvalue weighted by atomic mass is 16.5. The van der Waals surface area contributed by atoms with E-state index in [2.05, 4.69) is 20.3 Å². The summed E-state index contributed by atoms with van der Waals surface area (Å²) in [4.78, 5) is 24.9. The van der Waals surface area contributed by atoms with Gasteiger partial charge in [0.15, 0.2) is 11.5 Å². The summed E-state index contributed by atoms with van der Waals surface area (Å²) >= 11 is 0. The number of ether oxygens (including phenoxy) is 2. The number of anilines is 1. The number of rotatable bonds is 7. The zero-order valence-electron chi connectivity index (χ0n) is 15.2. The van der Waals surface area contributed by atoms with E-state index in [0.717, 1.165) is 18.5 Å². The van der Waals surface area contributed by atoms with Gasteiger partial charge in [0.2, 0.25) is 5.88 Å². The van der Waals surface area contributed by atoms with Crippen molar-refractivity contribution in [1.82, 2.24) is 15.0 Å². The molecule has 0 aliphatic heterocycles. The van der Waals surface area contributed by atoms with Gasteiger partial charge in [0.05, 0.1) is 30.3 Å². The molecule has 7 heteroatoms. The number of aromatic nitrogens is 3. The number of pyridine rings is 1. The average molecular weight is 364 g/mol. The van der Waals surface area contributed by atoms with Gasteiger partial charge in [-0.1, -0.05) is 25.5 Å². The largest absolute Gasteiger partial charge is 0.493 e. The first-order valence-electron chi connectivity index (χ1n) is 8.58. The fraction of sp³-hybridized carbons (Fsp3) is 0.200. The smallest absolute Gasteiger partial charge is 0.259 e. The Bertz CT molecular complexity index is 913. The van der Waals surface area contributed by atoms with Gasteiger partial charge < -0.3 is 14.8 Å². The standard InChI is InChI=1S/C20H20N4O3/c1-3-6-16-15(12-21-13-23-16)20(25)24-14-9-10-19(22-11-14)27-18-8-5-4-7-17(18)26-2/h4-5,7-13H,3,6H2,1-2H3,(H,24,25). The molecule has 0 bridgehead atoms. The monoisotopic (exact) mass is 364 g/mol. The first-order valence-corrected chi connectivity index (χ1v) is 8.58. The molecule has 0 atom stereocenters. The van der Waals surface area contributed by atoms with Gasteiger partial charge in [-0.2, -0.15) is 0 Å². The van der Waals surface area contributed by atoms with Crippen LogP contribution in [0.4, 0.5) is 5.69 Å². The molecule has 0 aliphatic carbocycles. The summed E-state index contributed by atoms with van der Waals surface area (Å²) in [6.45, 7) is 2.04. The van der Waals surface area contributed by atoms with Crippen LogP contribution in [0.25, 0.3) is 0 Å². The summed E-state index contributed by atoms with van der Waals surface area (Å²) in [5.74, 6) is 1.31. The van der Waals surface area contributed by atoms with Crippen LogP contribution in [0.3, 0.4) is 0 Å². The number of para-hydroxylation sites is 2. The van der Waals surface area contributed by atoms with E-state index in [1.54, 1.807) is 31.4 Å². The first kappa shape index (κ1) is 18.3. The SMILES string of the molecule is CCCc1ncncc1C(=O)Nc1ccc(Oc2ccccc2OC)nc1. The van der Waals surface area contributed by atoms with Crippen molar-refractivity contribution in [1.29, 1.82) is 0 Å². The summed E-state index contributed by atoms with van der Waals surface area (Å²) in [6.07, 6.45) is 6.13. The maximum atomic E-state index is 12.5. The van der Waals surface area contributed by atoms with E-state index in [1.807, 2.05) is 19.1 Å². The van der Waals surface area contributed by atoms with Crippen molar-refractivity contribution in [3.05, 3.63) is 66.4 Å². The van der Waals surface area contributed by atoms with Gasteiger partial charge in [-0.3, -0.25) is 4.79 Å². The lowest BCUT2D eigenvalue weighted by Gasteiger charge is -2.10. The molecule has 27 heavy (non-hydrogen) atoms. The lowest BCUT2D eigenvalue weighted by molar-refractivity contribution is 0.102. The Balaban J connectivity index is 1.70. The van der Waals surface area contributed by atoms with Gasteiger partial charge in [0.25, 0.3) is 5.91 Å². The minimum absolute atomic E-state index is 0.265. The second kappa shape index (κ2) is 8.75. The number of nitrogens with zero attached hydrogens (tertiary/aromatic N) is 3. The third-order valence-electron chi connectivity index (χ3n) is 3.80. The molecule has 0 spiro atoms. The van der Waals surface area contributed by atoms with Crippen LogP contribution >= 0.6 is 0 Å². The predicted molar refractivity (Wildman–Crippen MR) is 101 cm³/mol. The topological polar surface area (TPSA) is 86.2 Å². The number of benzene rings is 1. The number of carbonyl (C=O) groups excluding carboxylic acids is 1. The maximum Gasteiger partial charge on any atom is 0.259 e. The fourth-order valence-electron chi connectivity index (χ4n) is 2.51. The highest BCUT2D eigenvalue weighted by Gasteiger charge is 2.13. The van der Waals surface area contributed by atoms with Crippen molar-refractivity contribution >= 4 is 11.6 Å². The highest BCUT2D eigenvalue weighted by molar-refractivity contribution is 6.04. The molecular formula is C20H20N4O3. The first-order chi connectivity index (χ1) is 13.2. The zero-order valence-corrected chi connectivity index (χ0v) is 15.2. The molecule has 0 radical (unpaired) electrons. The number of nitrogens with one attached hydrogen (secondary N) is 1. The molecule has 0 unspecified atom stereocenters. The fourth-order valence-corrected chi connectivity index (χ4v) is 2.51. The maximum absolute atomic E-state index is 12.5. The van der Waals surface area contributed by atoms with Crippen molar-refractivity contribution in [3.8, 4) is 17.4 Å². The van der Waals surface area contributed by atoms with Crippen LogP contribution in [0.1, 0.15) is 29.4 Å². The van der Waals surface area contributed by atoms with Crippen LogP contribution in [0, 0.1) is 0 Å². The van der Waals surface area contributed by atoms with Crippen molar-refractivity contribution in [2.75, 3.05) is 12.4 Å². The van der Waals surface area contributed by atoms with E-state index in [9.17, 15) is 4.79 Å². The molecule has 2 heterocycles. The van der Waals surface area contributed by atoms with E-state index in [-0.39, 0.29) is 5.91 Å². The molecule has 7 nitrogen and oxygen atoms in total. The van der Waals surface area contributed by atoms with Crippen LogP contribution in [-0.2, 0) is 6.42 Å². The highest BCUT2D eigenvalue weighted by Crippen LogP contribution is 2.30. The predicted octanol–water partition coefficient (Wildman–Crippen LogP) is 3.88. The molecule has 2 aromatic heterocycles. The van der Waals surface area contributed by atoms with E-state index < -0.39 is 0 Å². The Hall–Kier alpha value is -3.48. The third kappa shape index (κ3) is 4.58. The van der Waals surface area contributed by atoms with Crippen molar-refractivity contribution < 1.29 is 14.3 Å². The minimum atomic E-state index is -0.265. The third-order valence-corrected chi connectivity index (χ3v) is 3.80. The summed E-state index contributed by atoms with van der Waals surface area (Å²) < 4.78 is 11.0. The number of methoxy groups -OCH3 is 1. The van der Waals surface area contributed by atoms with E-state index in [0.29, 0.717) is 28.6 Å². The molecule has 0 saturated carbocycles. The van der Waals surface area contributed by atoms with Crippen LogP contribution in [0.5, 0.6) is 17.4 Å². The number of carbonyl (C=O) groups is 1. The number of hydrogen-bond acceptors (Lipinski definition) is 6. The van der Waals surface area contributed by atoms with Crippen LogP contribution in [0.2, 0.25) is 0 Å². The number of aryl methyl sites for hydroxylation is 1. The molecule has 1 amide bonds. The minimum Gasteiger partial charge on any atom is -0.493 e. The molecule has 0 fully saturated rings. The van der Waals surface area contributed by atoms with Crippen LogP contribution < -0.4 is 14.8 Å². The second-order valence-electron chi connectivity index (χ2n) is 5.73. The number of hydrogen-bond donors (Lipinski definition) is 1. The molecule has 0 saturated heterocycles. The van der Waals surface area contributed by atoms with Gasteiger partial charge in [0.1, 0.15) is 6.33 Å². The summed E-state index contributed by atoms with van der Waals surface area (Å²) in [7, 11) is 1.58. The Labute approximate surface area is 157 Å². The molecule has 1 aromatic carbocycles. The summed E-state index contributed by atoms with van der Waals surface area (Å²) in [5, 5.41) is 2.81. The Kier molecular flexibility index (Phi) is 5.94. The van der Waals surface area contributed by atoms with E-state index in [4.69, 9.17) is 9.47 Å². The Morgan fingerprint density at radius 3 is 2.59 bits per heavy atom. The van der Waals surface area contributed by atoms with Gasteiger partial charge in [-0.25, -0.2) is 15.0 Å². The van der Waals surface area contributed by atoms with Crippen molar-refractivity contribution in [3.63, 3.8) is 0 Å². The molecule has 138 valence electrons. The lowest BCUT2D eigenvalue weighted by Crippen LogP contribution is -2.15. The van der Waals surface area contributed by atoms with Gasteiger partial charge in [-0.15, -0.1) is 0 Å². The van der Waals surface area contributed by atoms with Gasteiger partial charge in [0, 0.05) is 12.3 Å². The molecule has 1 N–H and O–H groups in total. The average Bonchev–Trinajstić information content (AvgIpc) is 2.70. The van der Waals surface area contributed by atoms with Crippen LogP contribution in [0.15, 0.2) is 55.1 Å². The van der Waals surface area contributed by atoms with E-state index in [1.165, 1.54) is 18.7 Å². The Morgan fingerprint density at radius 1 is 1.07 bits per heavy atom. The lowest BCUT2D eigenvalue weighted by atomic mass is 10.1. The normalized spacial score (nSPS) is 10.3. The van der Waals surface area contributed by atoms with E-state index >= 15 is 0 Å². The van der Waals surface area contributed by atoms with Gasteiger partial charge >= 0.3 is 0 Å². The molecule has 3 aromatic rings. The van der Waals surface area contributed by atoms with Crippen molar-refractivity contribution in [2.45, 2.75) is 19.8 Å². The summed E-state index contributed by atoms with van der Waals surface area (Å²) in [5.41, 5.74) is 1.75. The van der Waals surface area contributed by atoms with Crippen LogP contribution in [-0.4, -0.2) is 28.0 Å². The number of amides is 1. The summed E-state index contributed by atoms with van der Waals surface area (Å²) in [6, 6.07) is 10.7. The zero-order chi connectivity index (χ0) is 19.1. The quantitative estimate of drug-likeness (QED) is 0.685. The Morgan fingerprint density at radius 2 is 1.89 bits per heavy atom. The van der Waals surface area contributed by atoms with Gasteiger partial charge in [-0.05, 0) is 24.6 Å². The second-order valence-corrected chi connectivity index (χ2v) is 5.73. The molecule has 0 aliphatic rings.